The van der Waals surface area contributed by atoms with Crippen molar-refractivity contribution in [3.05, 3.63) is 58.7 Å². The van der Waals surface area contributed by atoms with Gasteiger partial charge in [0.1, 0.15) is 11.5 Å². The summed E-state index contributed by atoms with van der Waals surface area (Å²) in [5.41, 5.74) is 4.84. The SMILES string of the molecule is CCc1cc(CC)cc(OP(=S)(Cl)Oc2cc(CC)cc(CC)c2)c1. The summed E-state index contributed by atoms with van der Waals surface area (Å²) >= 11 is 11.9. The highest BCUT2D eigenvalue weighted by molar-refractivity contribution is 8.22. The zero-order chi connectivity index (χ0) is 18.4. The van der Waals surface area contributed by atoms with Crippen molar-refractivity contribution in [2.75, 3.05) is 0 Å². The number of hydrogen-bond acceptors (Lipinski definition) is 3. The zero-order valence-electron chi connectivity index (χ0n) is 15.3. The Balaban J connectivity index is 2.24. The molecule has 0 saturated carbocycles. The molecule has 0 spiro atoms. The van der Waals surface area contributed by atoms with Crippen LogP contribution in [0.4, 0.5) is 0 Å². The molecule has 136 valence electrons. The molecule has 25 heavy (non-hydrogen) atoms. The predicted octanol–water partition coefficient (Wildman–Crippen LogP) is 6.86. The van der Waals surface area contributed by atoms with Crippen LogP contribution in [-0.4, -0.2) is 0 Å². The molecule has 0 bridgehead atoms. The summed E-state index contributed by atoms with van der Waals surface area (Å²) < 4.78 is 11.8. The van der Waals surface area contributed by atoms with Crippen LogP contribution in [0.2, 0.25) is 0 Å². The zero-order valence-corrected chi connectivity index (χ0v) is 17.8. The van der Waals surface area contributed by atoms with E-state index >= 15 is 0 Å². The largest absolute Gasteiger partial charge is 0.425 e. The van der Waals surface area contributed by atoms with Crippen molar-refractivity contribution >= 4 is 28.9 Å². The van der Waals surface area contributed by atoms with Crippen LogP contribution in [0.25, 0.3) is 0 Å². The maximum absolute atomic E-state index is 6.47. The van der Waals surface area contributed by atoms with Crippen LogP contribution in [0.1, 0.15) is 49.9 Å². The molecule has 0 amide bonds. The average Bonchev–Trinajstić information content (AvgIpc) is 2.59. The minimum absolute atomic E-state index is 0.692. The molecule has 2 aromatic rings. The fourth-order valence-electron chi connectivity index (χ4n) is 2.65. The lowest BCUT2D eigenvalue weighted by Gasteiger charge is -2.19. The molecular weight excluding hydrogens is 371 g/mol. The maximum atomic E-state index is 6.47. The van der Waals surface area contributed by atoms with Gasteiger partial charge in [0.15, 0.2) is 0 Å². The van der Waals surface area contributed by atoms with Crippen molar-refractivity contribution in [3.8, 4) is 11.5 Å². The van der Waals surface area contributed by atoms with Gasteiger partial charge in [0, 0.05) is 11.8 Å². The molecule has 0 atom stereocenters. The fraction of sp³-hybridized carbons (Fsp3) is 0.400. The average molecular weight is 397 g/mol. The van der Waals surface area contributed by atoms with Crippen molar-refractivity contribution in [1.29, 1.82) is 0 Å². The minimum atomic E-state index is -2.95. The fourth-order valence-corrected chi connectivity index (χ4v) is 4.40. The topological polar surface area (TPSA) is 18.5 Å². The molecule has 0 fully saturated rings. The summed E-state index contributed by atoms with van der Waals surface area (Å²) in [6.07, 6.45) is 3.76. The van der Waals surface area contributed by atoms with E-state index in [2.05, 4.69) is 39.8 Å². The molecule has 0 unspecified atom stereocenters. The number of benzene rings is 2. The molecule has 0 heterocycles. The van der Waals surface area contributed by atoms with Crippen LogP contribution in [-0.2, 0) is 37.5 Å². The lowest BCUT2D eigenvalue weighted by atomic mass is 10.1. The van der Waals surface area contributed by atoms with Gasteiger partial charge in [-0.25, -0.2) is 0 Å². The molecular formula is C20H26ClO2PS. The van der Waals surface area contributed by atoms with Crippen molar-refractivity contribution in [1.82, 2.24) is 0 Å². The summed E-state index contributed by atoms with van der Waals surface area (Å²) in [6, 6.07) is 12.3. The molecule has 0 saturated heterocycles. The van der Waals surface area contributed by atoms with Gasteiger partial charge in [-0.15, -0.1) is 0 Å². The van der Waals surface area contributed by atoms with Gasteiger partial charge < -0.3 is 9.05 Å². The van der Waals surface area contributed by atoms with Crippen molar-refractivity contribution < 1.29 is 9.05 Å². The molecule has 0 aromatic heterocycles. The first kappa shape index (κ1) is 20.3. The summed E-state index contributed by atoms with van der Waals surface area (Å²) in [6.45, 7) is 8.48. The minimum Gasteiger partial charge on any atom is -0.425 e. The van der Waals surface area contributed by atoms with E-state index in [1.165, 1.54) is 22.3 Å². The monoisotopic (exact) mass is 396 g/mol. The van der Waals surface area contributed by atoms with Crippen molar-refractivity contribution in [2.45, 2.75) is 53.4 Å². The smallest absolute Gasteiger partial charge is 0.384 e. The molecule has 2 rings (SSSR count). The van der Waals surface area contributed by atoms with E-state index in [4.69, 9.17) is 32.1 Å². The number of rotatable bonds is 8. The van der Waals surface area contributed by atoms with Crippen LogP contribution < -0.4 is 9.05 Å². The van der Waals surface area contributed by atoms with Crippen LogP contribution in [0.3, 0.4) is 0 Å². The number of halogens is 1. The third-order valence-corrected chi connectivity index (χ3v) is 5.83. The quantitative estimate of drug-likeness (QED) is 0.454. The molecule has 0 aliphatic carbocycles. The van der Waals surface area contributed by atoms with E-state index in [1.54, 1.807) is 0 Å². The number of aryl methyl sites for hydroxylation is 4. The van der Waals surface area contributed by atoms with Gasteiger partial charge in [0.05, 0.1) is 0 Å². The predicted molar refractivity (Wildman–Crippen MR) is 112 cm³/mol. The van der Waals surface area contributed by atoms with E-state index in [-0.39, 0.29) is 0 Å². The van der Waals surface area contributed by atoms with E-state index in [9.17, 15) is 0 Å². The highest BCUT2D eigenvalue weighted by atomic mass is 35.7. The van der Waals surface area contributed by atoms with Crippen LogP contribution in [0.15, 0.2) is 36.4 Å². The lowest BCUT2D eigenvalue weighted by Crippen LogP contribution is -1.98. The lowest BCUT2D eigenvalue weighted by molar-refractivity contribution is 0.503. The summed E-state index contributed by atoms with van der Waals surface area (Å²) in [5, 5.41) is 0. The van der Waals surface area contributed by atoms with E-state index in [0.29, 0.717) is 11.5 Å². The third kappa shape index (κ3) is 6.02. The Hall–Kier alpha value is -1.02. The first-order chi connectivity index (χ1) is 11.9. The first-order valence-corrected chi connectivity index (χ1v) is 12.4. The normalized spacial score (nSPS) is 11.4. The Bertz CT molecular complexity index is 670. The van der Waals surface area contributed by atoms with E-state index in [1.807, 2.05) is 24.3 Å². The maximum Gasteiger partial charge on any atom is 0.384 e. The molecule has 2 nitrogen and oxygen atoms in total. The van der Waals surface area contributed by atoms with Crippen LogP contribution in [0.5, 0.6) is 11.5 Å². The van der Waals surface area contributed by atoms with E-state index < -0.39 is 5.84 Å². The molecule has 5 heteroatoms. The molecule has 0 aliphatic heterocycles. The second kappa shape index (κ2) is 9.07. The van der Waals surface area contributed by atoms with E-state index in [0.717, 1.165) is 25.7 Å². The molecule has 0 aliphatic rings. The second-order valence-corrected chi connectivity index (χ2v) is 10.6. The van der Waals surface area contributed by atoms with Gasteiger partial charge in [0.25, 0.3) is 0 Å². The van der Waals surface area contributed by atoms with Gasteiger partial charge in [-0.05, 0) is 83.4 Å². The van der Waals surface area contributed by atoms with Crippen LogP contribution in [0, 0.1) is 0 Å². The number of hydrogen-bond donors (Lipinski definition) is 0. The summed E-state index contributed by atoms with van der Waals surface area (Å²) in [4.78, 5) is 0. The Morgan fingerprint density at radius 1 is 0.680 bits per heavy atom. The van der Waals surface area contributed by atoms with Crippen molar-refractivity contribution in [2.24, 2.45) is 0 Å². The third-order valence-electron chi connectivity index (χ3n) is 4.11. The molecule has 2 aromatic carbocycles. The standard InChI is InChI=1S/C20H26ClO2PS/c1-5-15-9-16(6-2)12-19(11-15)22-24(21,25)23-20-13-17(7-3)10-18(8-4)14-20/h9-14H,5-8H2,1-4H3. The van der Waals surface area contributed by atoms with Crippen molar-refractivity contribution in [3.63, 3.8) is 0 Å². The van der Waals surface area contributed by atoms with Gasteiger partial charge in [-0.1, -0.05) is 39.8 Å². The van der Waals surface area contributed by atoms with Gasteiger partial charge in [0.2, 0.25) is 0 Å². The summed E-state index contributed by atoms with van der Waals surface area (Å²) in [7, 11) is 0. The Labute approximate surface area is 161 Å². The van der Waals surface area contributed by atoms with Gasteiger partial charge >= 0.3 is 5.84 Å². The summed E-state index contributed by atoms with van der Waals surface area (Å²) in [5.74, 6) is -1.57. The molecule has 0 N–H and O–H groups in total. The Morgan fingerprint density at radius 3 is 1.20 bits per heavy atom. The highest BCUT2D eigenvalue weighted by Crippen LogP contribution is 2.54. The van der Waals surface area contributed by atoms with Gasteiger partial charge in [-0.2, -0.15) is 0 Å². The Kier molecular flexibility index (Phi) is 7.37. The second-order valence-electron chi connectivity index (χ2n) is 6.00. The first-order valence-electron chi connectivity index (χ1n) is 8.83. The van der Waals surface area contributed by atoms with Crippen LogP contribution >= 0.6 is 17.1 Å². The highest BCUT2D eigenvalue weighted by Gasteiger charge is 2.20. The van der Waals surface area contributed by atoms with Gasteiger partial charge in [-0.3, -0.25) is 0 Å². The molecule has 0 radical (unpaired) electrons. The Morgan fingerprint density at radius 2 is 0.960 bits per heavy atom.